The summed E-state index contributed by atoms with van der Waals surface area (Å²) in [5, 5.41) is 0. The molecule has 2 N–H and O–H groups in total. The third kappa shape index (κ3) is 1.66. The molecule has 1 aliphatic rings. The molecule has 0 spiro atoms. The average molecular weight is 189 g/mol. The van der Waals surface area contributed by atoms with Gasteiger partial charge in [0.2, 0.25) is 0 Å². The summed E-state index contributed by atoms with van der Waals surface area (Å²) < 4.78 is 5.74. The Labute approximate surface area is 84.4 Å². The van der Waals surface area contributed by atoms with Crippen molar-refractivity contribution in [3.8, 4) is 5.75 Å². The van der Waals surface area contributed by atoms with Crippen molar-refractivity contribution < 1.29 is 4.74 Å². The normalized spacial score (nSPS) is 19.7. The Morgan fingerprint density at radius 3 is 3.21 bits per heavy atom. The first-order valence-electron chi connectivity index (χ1n) is 4.96. The Morgan fingerprint density at radius 1 is 1.57 bits per heavy atom. The SMILES string of the molecule is CC1Cc2cccc(/C=C/CN)c2O1. The molecule has 2 heteroatoms. The highest BCUT2D eigenvalue weighted by Crippen LogP contribution is 2.32. The molecule has 0 saturated heterocycles. The molecule has 0 radical (unpaired) electrons. The van der Waals surface area contributed by atoms with Gasteiger partial charge in [-0.2, -0.15) is 0 Å². The van der Waals surface area contributed by atoms with E-state index in [1.165, 1.54) is 5.56 Å². The zero-order valence-corrected chi connectivity index (χ0v) is 8.36. The predicted molar refractivity (Wildman–Crippen MR) is 58.3 cm³/mol. The predicted octanol–water partition coefficient (Wildman–Crippen LogP) is 1.98. The smallest absolute Gasteiger partial charge is 0.130 e. The summed E-state index contributed by atoms with van der Waals surface area (Å²) >= 11 is 0. The zero-order valence-electron chi connectivity index (χ0n) is 8.36. The molecule has 0 fully saturated rings. The second-order valence-electron chi connectivity index (χ2n) is 3.61. The number of ether oxygens (including phenoxy) is 1. The molecule has 1 aromatic carbocycles. The first kappa shape index (κ1) is 9.28. The van der Waals surface area contributed by atoms with Gasteiger partial charge in [0.15, 0.2) is 0 Å². The summed E-state index contributed by atoms with van der Waals surface area (Å²) in [6.45, 7) is 2.66. The van der Waals surface area contributed by atoms with Crippen LogP contribution < -0.4 is 10.5 Å². The Bertz CT molecular complexity index is 357. The van der Waals surface area contributed by atoms with E-state index >= 15 is 0 Å². The fourth-order valence-electron chi connectivity index (χ4n) is 1.79. The Kier molecular flexibility index (Phi) is 2.55. The lowest BCUT2D eigenvalue weighted by Crippen LogP contribution is -2.05. The molecule has 14 heavy (non-hydrogen) atoms. The van der Waals surface area contributed by atoms with Gasteiger partial charge in [0.05, 0.1) is 0 Å². The zero-order chi connectivity index (χ0) is 9.97. The number of fused-ring (bicyclic) bond motifs is 1. The molecule has 0 saturated carbocycles. The Morgan fingerprint density at radius 2 is 2.43 bits per heavy atom. The largest absolute Gasteiger partial charge is 0.489 e. The second-order valence-corrected chi connectivity index (χ2v) is 3.61. The maximum Gasteiger partial charge on any atom is 0.130 e. The Hall–Kier alpha value is -1.28. The van der Waals surface area contributed by atoms with Crippen molar-refractivity contribution in [1.29, 1.82) is 0 Å². The molecule has 74 valence electrons. The molecule has 0 aliphatic carbocycles. The first-order chi connectivity index (χ1) is 6.81. The molecule has 2 rings (SSSR count). The number of nitrogens with two attached hydrogens (primary N) is 1. The third-order valence-electron chi connectivity index (χ3n) is 2.39. The summed E-state index contributed by atoms with van der Waals surface area (Å²) in [6, 6.07) is 6.25. The van der Waals surface area contributed by atoms with Crippen molar-refractivity contribution in [1.82, 2.24) is 0 Å². The van der Waals surface area contributed by atoms with Crippen LogP contribution >= 0.6 is 0 Å². The lowest BCUT2D eigenvalue weighted by molar-refractivity contribution is 0.254. The van der Waals surface area contributed by atoms with Crippen molar-refractivity contribution in [3.05, 3.63) is 35.4 Å². The highest BCUT2D eigenvalue weighted by atomic mass is 16.5. The van der Waals surface area contributed by atoms with E-state index in [1.807, 2.05) is 12.2 Å². The van der Waals surface area contributed by atoms with E-state index in [0.717, 1.165) is 17.7 Å². The molecule has 0 amide bonds. The van der Waals surface area contributed by atoms with Crippen LogP contribution in [0.2, 0.25) is 0 Å². The van der Waals surface area contributed by atoms with Gasteiger partial charge in [0, 0.05) is 18.5 Å². The van der Waals surface area contributed by atoms with E-state index in [1.54, 1.807) is 0 Å². The standard InChI is InChI=1S/C12H15NO/c1-9-8-11-5-2-4-10(6-3-7-13)12(11)14-9/h2-6,9H,7-8,13H2,1H3/b6-3+. The van der Waals surface area contributed by atoms with Crippen molar-refractivity contribution in [2.45, 2.75) is 19.4 Å². The number of benzene rings is 1. The molecule has 1 atom stereocenters. The maximum absolute atomic E-state index is 5.74. The number of para-hydroxylation sites is 1. The lowest BCUT2D eigenvalue weighted by atomic mass is 10.1. The first-order valence-corrected chi connectivity index (χ1v) is 4.96. The molecular weight excluding hydrogens is 174 g/mol. The fourth-order valence-corrected chi connectivity index (χ4v) is 1.79. The summed E-state index contributed by atoms with van der Waals surface area (Å²) in [5.41, 5.74) is 7.86. The van der Waals surface area contributed by atoms with Gasteiger partial charge in [0.1, 0.15) is 11.9 Å². The van der Waals surface area contributed by atoms with E-state index in [9.17, 15) is 0 Å². The molecule has 1 unspecified atom stereocenters. The van der Waals surface area contributed by atoms with Crippen LogP contribution in [0.25, 0.3) is 6.08 Å². The quantitative estimate of drug-likeness (QED) is 0.772. The van der Waals surface area contributed by atoms with Crippen LogP contribution in [0.3, 0.4) is 0 Å². The van der Waals surface area contributed by atoms with Gasteiger partial charge < -0.3 is 10.5 Å². The third-order valence-corrected chi connectivity index (χ3v) is 2.39. The van der Waals surface area contributed by atoms with Crippen molar-refractivity contribution in [3.63, 3.8) is 0 Å². The number of hydrogen-bond acceptors (Lipinski definition) is 2. The van der Waals surface area contributed by atoms with E-state index in [4.69, 9.17) is 10.5 Å². The molecule has 1 heterocycles. The molecule has 1 aliphatic heterocycles. The summed E-state index contributed by atoms with van der Waals surface area (Å²) in [6.07, 6.45) is 5.29. The van der Waals surface area contributed by atoms with Gasteiger partial charge in [0.25, 0.3) is 0 Å². The minimum atomic E-state index is 0.303. The van der Waals surface area contributed by atoms with Crippen LogP contribution in [0.4, 0.5) is 0 Å². The molecule has 1 aromatic rings. The van der Waals surface area contributed by atoms with Crippen LogP contribution in [-0.2, 0) is 6.42 Å². The van der Waals surface area contributed by atoms with Gasteiger partial charge in [-0.3, -0.25) is 0 Å². The summed E-state index contributed by atoms with van der Waals surface area (Å²) in [4.78, 5) is 0. The number of hydrogen-bond donors (Lipinski definition) is 1. The molecule has 0 aromatic heterocycles. The Balaban J connectivity index is 2.34. The van der Waals surface area contributed by atoms with E-state index in [2.05, 4.69) is 25.1 Å². The van der Waals surface area contributed by atoms with Gasteiger partial charge in [-0.1, -0.05) is 30.4 Å². The van der Waals surface area contributed by atoms with E-state index in [0.29, 0.717) is 12.6 Å². The lowest BCUT2D eigenvalue weighted by Gasteiger charge is -2.05. The van der Waals surface area contributed by atoms with E-state index < -0.39 is 0 Å². The van der Waals surface area contributed by atoms with Crippen LogP contribution in [-0.4, -0.2) is 12.6 Å². The van der Waals surface area contributed by atoms with Crippen molar-refractivity contribution in [2.75, 3.05) is 6.54 Å². The van der Waals surface area contributed by atoms with Crippen molar-refractivity contribution in [2.24, 2.45) is 5.73 Å². The van der Waals surface area contributed by atoms with Gasteiger partial charge >= 0.3 is 0 Å². The van der Waals surface area contributed by atoms with Gasteiger partial charge in [-0.05, 0) is 12.5 Å². The summed E-state index contributed by atoms with van der Waals surface area (Å²) in [5.74, 6) is 1.03. The maximum atomic E-state index is 5.74. The van der Waals surface area contributed by atoms with Gasteiger partial charge in [-0.15, -0.1) is 0 Å². The topological polar surface area (TPSA) is 35.2 Å². The van der Waals surface area contributed by atoms with Crippen molar-refractivity contribution >= 4 is 6.08 Å². The highest BCUT2D eigenvalue weighted by molar-refractivity contribution is 5.61. The minimum Gasteiger partial charge on any atom is -0.489 e. The molecule has 2 nitrogen and oxygen atoms in total. The molecular formula is C12H15NO. The van der Waals surface area contributed by atoms with Crippen LogP contribution in [0, 0.1) is 0 Å². The average Bonchev–Trinajstić information content (AvgIpc) is 2.55. The van der Waals surface area contributed by atoms with Crippen LogP contribution in [0.15, 0.2) is 24.3 Å². The fraction of sp³-hybridized carbons (Fsp3) is 0.333. The minimum absolute atomic E-state index is 0.303. The van der Waals surface area contributed by atoms with Crippen LogP contribution in [0.5, 0.6) is 5.75 Å². The summed E-state index contributed by atoms with van der Waals surface area (Å²) in [7, 11) is 0. The monoisotopic (exact) mass is 189 g/mol. The second kappa shape index (κ2) is 3.84. The van der Waals surface area contributed by atoms with Gasteiger partial charge in [-0.25, -0.2) is 0 Å². The number of rotatable bonds is 2. The van der Waals surface area contributed by atoms with Crippen LogP contribution in [0.1, 0.15) is 18.1 Å². The molecule has 0 bridgehead atoms. The highest BCUT2D eigenvalue weighted by Gasteiger charge is 2.20. The van der Waals surface area contributed by atoms with E-state index in [-0.39, 0.29) is 0 Å².